The number of methoxy groups -OCH3 is 1. The smallest absolute Gasteiger partial charge is 0.246 e. The summed E-state index contributed by atoms with van der Waals surface area (Å²) >= 11 is 0. The standard InChI is InChI=1S/C16H22N2O3/c1-9-8-13(21-4)10(2)11(3)15(9)18-16(20)12-6-5-7-14(19)17-12/h8,12H,5-7H2,1-4H3,(H,17,19)(H,18,20)/t12-/m1/s1. The number of hydrogen-bond donors (Lipinski definition) is 2. The number of amides is 2. The molecular weight excluding hydrogens is 268 g/mol. The number of hydrogen-bond acceptors (Lipinski definition) is 3. The van der Waals surface area contributed by atoms with E-state index in [2.05, 4.69) is 10.6 Å². The van der Waals surface area contributed by atoms with E-state index in [4.69, 9.17) is 4.74 Å². The van der Waals surface area contributed by atoms with Crippen LogP contribution in [-0.2, 0) is 9.59 Å². The average molecular weight is 290 g/mol. The van der Waals surface area contributed by atoms with Crippen LogP contribution in [-0.4, -0.2) is 25.0 Å². The first-order chi connectivity index (χ1) is 9.93. The zero-order chi connectivity index (χ0) is 15.6. The van der Waals surface area contributed by atoms with Crippen molar-refractivity contribution < 1.29 is 14.3 Å². The second kappa shape index (κ2) is 6.16. The normalized spacial score (nSPS) is 18.1. The Morgan fingerprint density at radius 1 is 1.33 bits per heavy atom. The predicted octanol–water partition coefficient (Wildman–Crippen LogP) is 2.23. The molecule has 0 radical (unpaired) electrons. The molecule has 0 saturated carbocycles. The zero-order valence-corrected chi connectivity index (χ0v) is 13.0. The summed E-state index contributed by atoms with van der Waals surface area (Å²) in [6.07, 6.45) is 1.94. The first kappa shape index (κ1) is 15.4. The fraction of sp³-hybridized carbons (Fsp3) is 0.500. The van der Waals surface area contributed by atoms with Crippen molar-refractivity contribution in [2.24, 2.45) is 0 Å². The lowest BCUT2D eigenvalue weighted by Crippen LogP contribution is -2.46. The minimum absolute atomic E-state index is 0.0549. The van der Waals surface area contributed by atoms with Gasteiger partial charge in [-0.25, -0.2) is 0 Å². The number of aryl methyl sites for hydroxylation is 1. The third kappa shape index (κ3) is 3.17. The van der Waals surface area contributed by atoms with Crippen molar-refractivity contribution in [2.75, 3.05) is 12.4 Å². The number of benzene rings is 1. The molecule has 1 aromatic rings. The van der Waals surface area contributed by atoms with Crippen molar-refractivity contribution in [3.63, 3.8) is 0 Å². The summed E-state index contributed by atoms with van der Waals surface area (Å²) < 4.78 is 5.33. The minimum Gasteiger partial charge on any atom is -0.496 e. The van der Waals surface area contributed by atoms with Crippen molar-refractivity contribution in [3.8, 4) is 5.75 Å². The van der Waals surface area contributed by atoms with Gasteiger partial charge in [0, 0.05) is 12.1 Å². The molecule has 0 bridgehead atoms. The Morgan fingerprint density at radius 2 is 2.05 bits per heavy atom. The van der Waals surface area contributed by atoms with Crippen LogP contribution in [0.5, 0.6) is 5.75 Å². The molecule has 1 saturated heterocycles. The Kier molecular flexibility index (Phi) is 4.50. The van der Waals surface area contributed by atoms with Gasteiger partial charge in [-0.15, -0.1) is 0 Å². The van der Waals surface area contributed by atoms with Crippen LogP contribution in [0.3, 0.4) is 0 Å². The Balaban J connectivity index is 2.21. The Labute approximate surface area is 125 Å². The molecule has 0 spiro atoms. The Morgan fingerprint density at radius 3 is 2.67 bits per heavy atom. The van der Waals surface area contributed by atoms with Gasteiger partial charge >= 0.3 is 0 Å². The molecule has 1 aliphatic rings. The molecule has 0 unspecified atom stereocenters. The van der Waals surface area contributed by atoms with Gasteiger partial charge in [0.05, 0.1) is 7.11 Å². The lowest BCUT2D eigenvalue weighted by Gasteiger charge is -2.24. The molecule has 1 aromatic carbocycles. The van der Waals surface area contributed by atoms with Crippen LogP contribution >= 0.6 is 0 Å². The van der Waals surface area contributed by atoms with E-state index >= 15 is 0 Å². The molecule has 2 rings (SSSR count). The van der Waals surface area contributed by atoms with E-state index in [9.17, 15) is 9.59 Å². The van der Waals surface area contributed by atoms with E-state index in [1.165, 1.54) is 0 Å². The molecule has 5 nitrogen and oxygen atoms in total. The van der Waals surface area contributed by atoms with Crippen LogP contribution in [0.2, 0.25) is 0 Å². The van der Waals surface area contributed by atoms with Crippen LogP contribution in [0.1, 0.15) is 36.0 Å². The summed E-state index contributed by atoms with van der Waals surface area (Å²) in [5.74, 6) is 0.605. The third-order valence-electron chi connectivity index (χ3n) is 4.07. The molecule has 21 heavy (non-hydrogen) atoms. The summed E-state index contributed by atoms with van der Waals surface area (Å²) in [7, 11) is 1.64. The van der Waals surface area contributed by atoms with Gasteiger partial charge < -0.3 is 15.4 Å². The molecule has 1 aliphatic heterocycles. The summed E-state index contributed by atoms with van der Waals surface area (Å²) in [5.41, 5.74) is 3.75. The zero-order valence-electron chi connectivity index (χ0n) is 13.0. The van der Waals surface area contributed by atoms with Crippen LogP contribution in [0.15, 0.2) is 6.07 Å². The number of carbonyl (C=O) groups is 2. The first-order valence-corrected chi connectivity index (χ1v) is 7.19. The number of carbonyl (C=O) groups excluding carboxylic acids is 2. The fourth-order valence-electron chi connectivity index (χ4n) is 2.66. The van der Waals surface area contributed by atoms with Gasteiger partial charge in [-0.1, -0.05) is 0 Å². The van der Waals surface area contributed by atoms with E-state index in [1.54, 1.807) is 7.11 Å². The van der Waals surface area contributed by atoms with E-state index < -0.39 is 6.04 Å². The Hall–Kier alpha value is -2.04. The molecular formula is C16H22N2O3. The second-order valence-electron chi connectivity index (χ2n) is 5.52. The van der Waals surface area contributed by atoms with Crippen molar-refractivity contribution >= 4 is 17.5 Å². The van der Waals surface area contributed by atoms with E-state index in [1.807, 2.05) is 26.8 Å². The lowest BCUT2D eigenvalue weighted by atomic mass is 10.0. The number of ether oxygens (including phenoxy) is 1. The highest BCUT2D eigenvalue weighted by atomic mass is 16.5. The maximum Gasteiger partial charge on any atom is 0.246 e. The highest BCUT2D eigenvalue weighted by Gasteiger charge is 2.25. The van der Waals surface area contributed by atoms with E-state index in [-0.39, 0.29) is 11.8 Å². The maximum absolute atomic E-state index is 12.3. The van der Waals surface area contributed by atoms with Gasteiger partial charge in [-0.2, -0.15) is 0 Å². The van der Waals surface area contributed by atoms with Crippen molar-refractivity contribution in [3.05, 3.63) is 22.8 Å². The topological polar surface area (TPSA) is 67.4 Å². The highest BCUT2D eigenvalue weighted by molar-refractivity contribution is 5.99. The van der Waals surface area contributed by atoms with Crippen LogP contribution < -0.4 is 15.4 Å². The van der Waals surface area contributed by atoms with Gasteiger partial charge in [-0.05, 0) is 56.4 Å². The summed E-state index contributed by atoms with van der Waals surface area (Å²) in [5, 5.41) is 5.69. The second-order valence-corrected chi connectivity index (χ2v) is 5.52. The SMILES string of the molecule is COc1cc(C)c(NC(=O)[C@H]2CCCC(=O)N2)c(C)c1C. The first-order valence-electron chi connectivity index (χ1n) is 7.19. The average Bonchev–Trinajstić information content (AvgIpc) is 2.47. The maximum atomic E-state index is 12.3. The molecule has 1 atom stereocenters. The molecule has 1 fully saturated rings. The molecule has 2 amide bonds. The van der Waals surface area contributed by atoms with Gasteiger partial charge in [0.1, 0.15) is 11.8 Å². The largest absolute Gasteiger partial charge is 0.496 e. The minimum atomic E-state index is -0.438. The fourth-order valence-corrected chi connectivity index (χ4v) is 2.66. The third-order valence-corrected chi connectivity index (χ3v) is 4.07. The molecule has 1 heterocycles. The number of anilines is 1. The van der Waals surface area contributed by atoms with Gasteiger partial charge in [-0.3, -0.25) is 9.59 Å². The quantitative estimate of drug-likeness (QED) is 0.897. The summed E-state index contributed by atoms with van der Waals surface area (Å²) in [6, 6.07) is 1.48. The van der Waals surface area contributed by atoms with Crippen LogP contribution in [0.25, 0.3) is 0 Å². The lowest BCUT2D eigenvalue weighted by molar-refractivity contribution is -0.128. The van der Waals surface area contributed by atoms with Gasteiger partial charge in [0.15, 0.2) is 0 Å². The summed E-state index contributed by atoms with van der Waals surface area (Å²) in [4.78, 5) is 23.7. The van der Waals surface area contributed by atoms with Crippen LogP contribution in [0.4, 0.5) is 5.69 Å². The predicted molar refractivity (Wildman–Crippen MR) is 81.6 cm³/mol. The van der Waals surface area contributed by atoms with Gasteiger partial charge in [0.2, 0.25) is 11.8 Å². The molecule has 0 aliphatic carbocycles. The van der Waals surface area contributed by atoms with Crippen LogP contribution in [0, 0.1) is 20.8 Å². The Bertz CT molecular complexity index is 581. The number of piperidine rings is 1. The highest BCUT2D eigenvalue weighted by Crippen LogP contribution is 2.31. The number of rotatable bonds is 3. The molecule has 0 aromatic heterocycles. The van der Waals surface area contributed by atoms with Crippen molar-refractivity contribution in [1.29, 1.82) is 0 Å². The molecule has 2 N–H and O–H groups in total. The van der Waals surface area contributed by atoms with Gasteiger partial charge in [0.25, 0.3) is 0 Å². The van der Waals surface area contributed by atoms with E-state index in [0.717, 1.165) is 34.5 Å². The molecule has 114 valence electrons. The van der Waals surface area contributed by atoms with Crippen molar-refractivity contribution in [1.82, 2.24) is 5.32 Å². The summed E-state index contributed by atoms with van der Waals surface area (Å²) in [6.45, 7) is 5.86. The van der Waals surface area contributed by atoms with Crippen molar-refractivity contribution in [2.45, 2.75) is 46.1 Å². The number of nitrogens with one attached hydrogen (secondary N) is 2. The monoisotopic (exact) mass is 290 g/mol. The molecule has 5 heteroatoms. The van der Waals surface area contributed by atoms with E-state index in [0.29, 0.717) is 12.8 Å².